The van der Waals surface area contributed by atoms with Gasteiger partial charge in [-0.3, -0.25) is 9.69 Å². The summed E-state index contributed by atoms with van der Waals surface area (Å²) < 4.78 is 5.36. The van der Waals surface area contributed by atoms with E-state index in [9.17, 15) is 4.79 Å². The second-order valence-electron chi connectivity index (χ2n) is 7.08. The fourth-order valence-corrected chi connectivity index (χ4v) is 2.78. The fourth-order valence-electron chi connectivity index (χ4n) is 2.78. The third-order valence-corrected chi connectivity index (χ3v) is 4.26. The molecule has 1 heterocycles. The highest BCUT2D eigenvalue weighted by molar-refractivity contribution is 5.84. The third kappa shape index (κ3) is 9.77. The summed E-state index contributed by atoms with van der Waals surface area (Å²) in [6.45, 7) is 13.5. The van der Waals surface area contributed by atoms with E-state index in [0.29, 0.717) is 6.04 Å². The van der Waals surface area contributed by atoms with Crippen LogP contribution in [-0.4, -0.2) is 87.7 Å². The van der Waals surface area contributed by atoms with Crippen molar-refractivity contribution in [1.82, 2.24) is 20.4 Å². The van der Waals surface area contributed by atoms with Crippen LogP contribution in [0.25, 0.3) is 0 Å². The van der Waals surface area contributed by atoms with Crippen molar-refractivity contribution < 1.29 is 9.53 Å². The number of carbonyl (C=O) groups is 1. The summed E-state index contributed by atoms with van der Waals surface area (Å²) in [4.78, 5) is 20.3. The number of likely N-dealkylation sites (tertiary alicyclic amines) is 1. The summed E-state index contributed by atoms with van der Waals surface area (Å²) in [6.07, 6.45) is 3.04. The Bertz CT molecular complexity index is 457. The molecule has 1 amide bonds. The third-order valence-electron chi connectivity index (χ3n) is 4.26. The van der Waals surface area contributed by atoms with Crippen LogP contribution in [-0.2, 0) is 9.53 Å². The van der Waals surface area contributed by atoms with Gasteiger partial charge in [0.25, 0.3) is 0 Å². The van der Waals surface area contributed by atoms with Crippen molar-refractivity contribution >= 4 is 11.9 Å². The molecular weight excluding hydrogens is 330 g/mol. The highest BCUT2D eigenvalue weighted by atomic mass is 16.5. The van der Waals surface area contributed by atoms with Crippen LogP contribution in [0.1, 0.15) is 33.1 Å². The van der Waals surface area contributed by atoms with Gasteiger partial charge in [0.05, 0.1) is 0 Å². The van der Waals surface area contributed by atoms with Crippen LogP contribution in [0, 0.1) is 0 Å². The average molecular weight is 368 g/mol. The Hall–Kier alpha value is -1.60. The van der Waals surface area contributed by atoms with Crippen molar-refractivity contribution in [2.75, 3.05) is 60.0 Å². The number of guanidine groups is 1. The molecule has 0 unspecified atom stereocenters. The van der Waals surface area contributed by atoms with Gasteiger partial charge in [0.2, 0.25) is 5.91 Å². The molecule has 1 rings (SSSR count). The second-order valence-corrected chi connectivity index (χ2v) is 7.08. The monoisotopic (exact) mass is 367 g/mol. The SMILES string of the molecule is C=C(C)CN1CCC(NC(=NCC(=O)N(C)C)NCCCOCC)CC1. The van der Waals surface area contributed by atoms with Crippen molar-refractivity contribution in [2.24, 2.45) is 4.99 Å². The molecular formula is C19H37N5O2. The maximum absolute atomic E-state index is 11.8. The van der Waals surface area contributed by atoms with Crippen molar-refractivity contribution in [3.63, 3.8) is 0 Å². The Morgan fingerprint density at radius 3 is 2.62 bits per heavy atom. The molecule has 7 heteroatoms. The maximum atomic E-state index is 11.8. The van der Waals surface area contributed by atoms with E-state index in [2.05, 4.69) is 34.0 Å². The molecule has 7 nitrogen and oxygen atoms in total. The molecule has 1 fully saturated rings. The summed E-state index contributed by atoms with van der Waals surface area (Å²) in [5.41, 5.74) is 1.21. The summed E-state index contributed by atoms with van der Waals surface area (Å²) >= 11 is 0. The minimum absolute atomic E-state index is 0.00306. The quantitative estimate of drug-likeness (QED) is 0.262. The first-order chi connectivity index (χ1) is 12.4. The molecule has 1 aliphatic heterocycles. The molecule has 0 radical (unpaired) electrons. The van der Waals surface area contributed by atoms with Gasteiger partial charge in [-0.15, -0.1) is 0 Å². The zero-order chi connectivity index (χ0) is 19.4. The number of rotatable bonds is 10. The van der Waals surface area contributed by atoms with Crippen LogP contribution in [0.5, 0.6) is 0 Å². The zero-order valence-corrected chi connectivity index (χ0v) is 17.0. The van der Waals surface area contributed by atoms with Crippen LogP contribution in [0.15, 0.2) is 17.1 Å². The van der Waals surface area contributed by atoms with Crippen molar-refractivity contribution in [3.8, 4) is 0 Å². The van der Waals surface area contributed by atoms with E-state index in [-0.39, 0.29) is 12.5 Å². The summed E-state index contributed by atoms with van der Waals surface area (Å²) in [5, 5.41) is 6.82. The van der Waals surface area contributed by atoms with E-state index < -0.39 is 0 Å². The van der Waals surface area contributed by atoms with Gasteiger partial charge in [0, 0.05) is 59.5 Å². The number of carbonyl (C=O) groups excluding carboxylic acids is 1. The smallest absolute Gasteiger partial charge is 0.243 e. The molecule has 26 heavy (non-hydrogen) atoms. The Kier molecular flexibility index (Phi) is 11.0. The van der Waals surface area contributed by atoms with Gasteiger partial charge in [-0.25, -0.2) is 4.99 Å². The highest BCUT2D eigenvalue weighted by Gasteiger charge is 2.20. The van der Waals surface area contributed by atoms with Crippen LogP contribution >= 0.6 is 0 Å². The van der Waals surface area contributed by atoms with E-state index in [1.165, 1.54) is 5.57 Å². The molecule has 0 aromatic carbocycles. The standard InChI is InChI=1S/C19H37N5O2/c1-6-26-13-7-10-20-19(21-14-18(25)23(4)5)22-17-8-11-24(12-9-17)15-16(2)3/h17H,2,6-15H2,1,3-5H3,(H2,20,21,22). The maximum Gasteiger partial charge on any atom is 0.243 e. The van der Waals surface area contributed by atoms with Crippen LogP contribution in [0.3, 0.4) is 0 Å². The molecule has 0 atom stereocenters. The number of likely N-dealkylation sites (N-methyl/N-ethyl adjacent to an activating group) is 1. The summed E-state index contributed by atoms with van der Waals surface area (Å²) in [7, 11) is 3.50. The summed E-state index contributed by atoms with van der Waals surface area (Å²) in [6, 6.07) is 0.379. The molecule has 0 aliphatic carbocycles. The molecule has 0 aromatic heterocycles. The van der Waals surface area contributed by atoms with Crippen LogP contribution < -0.4 is 10.6 Å². The van der Waals surface area contributed by atoms with E-state index >= 15 is 0 Å². The lowest BCUT2D eigenvalue weighted by Gasteiger charge is -2.33. The first kappa shape index (κ1) is 22.4. The van der Waals surface area contributed by atoms with Gasteiger partial charge in [-0.2, -0.15) is 0 Å². The van der Waals surface area contributed by atoms with Crippen molar-refractivity contribution in [3.05, 3.63) is 12.2 Å². The molecule has 0 bridgehead atoms. The first-order valence-corrected chi connectivity index (χ1v) is 9.61. The van der Waals surface area contributed by atoms with E-state index in [4.69, 9.17) is 4.74 Å². The number of nitrogens with one attached hydrogen (secondary N) is 2. The van der Waals surface area contributed by atoms with Gasteiger partial charge < -0.3 is 20.3 Å². The van der Waals surface area contributed by atoms with Gasteiger partial charge in [0.1, 0.15) is 6.54 Å². The zero-order valence-electron chi connectivity index (χ0n) is 17.0. The Morgan fingerprint density at radius 1 is 1.35 bits per heavy atom. The number of aliphatic imine (C=N–C) groups is 1. The van der Waals surface area contributed by atoms with E-state index in [0.717, 1.165) is 64.6 Å². The Balaban J connectivity index is 2.49. The molecule has 1 saturated heterocycles. The first-order valence-electron chi connectivity index (χ1n) is 9.61. The normalized spacial score (nSPS) is 16.4. The molecule has 0 aromatic rings. The summed E-state index contributed by atoms with van der Waals surface area (Å²) in [5.74, 6) is 0.715. The van der Waals surface area contributed by atoms with Crippen LogP contribution in [0.2, 0.25) is 0 Å². The second kappa shape index (κ2) is 12.7. The lowest BCUT2D eigenvalue weighted by atomic mass is 10.0. The van der Waals surface area contributed by atoms with Crippen molar-refractivity contribution in [1.29, 1.82) is 0 Å². The lowest BCUT2D eigenvalue weighted by Crippen LogP contribution is -2.49. The Morgan fingerprint density at radius 2 is 2.04 bits per heavy atom. The largest absolute Gasteiger partial charge is 0.382 e. The van der Waals surface area contributed by atoms with Crippen molar-refractivity contribution in [2.45, 2.75) is 39.2 Å². The molecule has 2 N–H and O–H groups in total. The highest BCUT2D eigenvalue weighted by Crippen LogP contribution is 2.11. The van der Waals surface area contributed by atoms with Gasteiger partial charge in [0.15, 0.2) is 5.96 Å². The number of amides is 1. The minimum atomic E-state index is -0.00306. The predicted octanol–water partition coefficient (Wildman–Crippen LogP) is 1.08. The average Bonchev–Trinajstić information content (AvgIpc) is 2.60. The number of hydrogen-bond acceptors (Lipinski definition) is 4. The predicted molar refractivity (Wildman–Crippen MR) is 108 cm³/mol. The van der Waals surface area contributed by atoms with E-state index in [1.807, 2.05) is 6.92 Å². The number of hydrogen-bond donors (Lipinski definition) is 2. The number of ether oxygens (including phenoxy) is 1. The van der Waals surface area contributed by atoms with E-state index in [1.54, 1.807) is 19.0 Å². The molecule has 150 valence electrons. The minimum Gasteiger partial charge on any atom is -0.382 e. The fraction of sp³-hybridized carbons (Fsp3) is 0.789. The lowest BCUT2D eigenvalue weighted by molar-refractivity contribution is -0.127. The number of piperidine rings is 1. The number of nitrogens with zero attached hydrogens (tertiary/aromatic N) is 3. The molecule has 1 aliphatic rings. The molecule has 0 saturated carbocycles. The molecule has 0 spiro atoms. The van der Waals surface area contributed by atoms with Gasteiger partial charge in [-0.05, 0) is 33.1 Å². The van der Waals surface area contributed by atoms with Gasteiger partial charge >= 0.3 is 0 Å². The Labute approximate surface area is 158 Å². The van der Waals surface area contributed by atoms with Gasteiger partial charge in [-0.1, -0.05) is 12.2 Å². The topological polar surface area (TPSA) is 69.2 Å². The van der Waals surface area contributed by atoms with Crippen LogP contribution in [0.4, 0.5) is 0 Å².